The van der Waals surface area contributed by atoms with E-state index in [0.29, 0.717) is 13.2 Å². The van der Waals surface area contributed by atoms with Crippen molar-refractivity contribution in [3.05, 3.63) is 59.4 Å². The maximum atomic E-state index is 11.9. The van der Waals surface area contributed by atoms with Gasteiger partial charge in [0.2, 0.25) is 5.91 Å². The van der Waals surface area contributed by atoms with E-state index in [1.807, 2.05) is 18.2 Å². The lowest BCUT2D eigenvalue weighted by atomic mass is 10.1. The zero-order chi connectivity index (χ0) is 20.2. The lowest BCUT2D eigenvalue weighted by Crippen LogP contribution is -2.27. The zero-order valence-corrected chi connectivity index (χ0v) is 17.3. The fraction of sp³-hybridized carbons (Fsp3) is 0.417. The number of hydrogen-bond donors (Lipinski definition) is 1. The Morgan fingerprint density at radius 1 is 1.14 bits per heavy atom. The van der Waals surface area contributed by atoms with Crippen molar-refractivity contribution < 1.29 is 9.53 Å². The van der Waals surface area contributed by atoms with Crippen LogP contribution >= 0.6 is 0 Å². The number of nitrogens with zero attached hydrogens (tertiary/aromatic N) is 2. The molecule has 3 aromatic rings. The molecule has 0 unspecified atom stereocenters. The van der Waals surface area contributed by atoms with Crippen LogP contribution in [0.25, 0.3) is 11.0 Å². The molecule has 1 amide bonds. The van der Waals surface area contributed by atoms with Gasteiger partial charge in [-0.25, -0.2) is 4.98 Å². The van der Waals surface area contributed by atoms with E-state index < -0.39 is 0 Å². The van der Waals surface area contributed by atoms with Crippen LogP contribution in [0.15, 0.2) is 42.5 Å². The second-order valence-electron chi connectivity index (χ2n) is 7.91. The Morgan fingerprint density at radius 3 is 2.66 bits per heavy atom. The smallest absolute Gasteiger partial charge is 0.223 e. The molecule has 0 saturated heterocycles. The molecule has 0 bridgehead atoms. The van der Waals surface area contributed by atoms with Crippen molar-refractivity contribution in [1.82, 2.24) is 14.9 Å². The number of hydrogen-bond acceptors (Lipinski definition) is 3. The van der Waals surface area contributed by atoms with Gasteiger partial charge in [0.15, 0.2) is 0 Å². The van der Waals surface area contributed by atoms with Gasteiger partial charge < -0.3 is 14.6 Å². The quantitative estimate of drug-likeness (QED) is 0.557. The van der Waals surface area contributed by atoms with E-state index in [9.17, 15) is 4.79 Å². The summed E-state index contributed by atoms with van der Waals surface area (Å²) in [5, 5.41) is 3.05. The van der Waals surface area contributed by atoms with Crippen molar-refractivity contribution in [2.75, 3.05) is 13.2 Å². The van der Waals surface area contributed by atoms with E-state index in [2.05, 4.69) is 48.0 Å². The second kappa shape index (κ2) is 8.68. The topological polar surface area (TPSA) is 56.1 Å². The lowest BCUT2D eigenvalue weighted by molar-refractivity contribution is -0.122. The van der Waals surface area contributed by atoms with Crippen molar-refractivity contribution in [3.8, 4) is 5.75 Å². The van der Waals surface area contributed by atoms with Gasteiger partial charge in [-0.3, -0.25) is 4.79 Å². The Bertz CT molecular complexity index is 984. The predicted molar refractivity (Wildman–Crippen MR) is 115 cm³/mol. The molecule has 5 heteroatoms. The molecule has 1 aliphatic carbocycles. The Balaban J connectivity index is 1.39. The van der Waals surface area contributed by atoms with E-state index in [1.54, 1.807) is 0 Å². The summed E-state index contributed by atoms with van der Waals surface area (Å²) >= 11 is 0. The summed E-state index contributed by atoms with van der Waals surface area (Å²) in [4.78, 5) is 16.7. The molecule has 29 heavy (non-hydrogen) atoms. The summed E-state index contributed by atoms with van der Waals surface area (Å²) in [7, 11) is 0. The van der Waals surface area contributed by atoms with E-state index >= 15 is 0 Å². The Kier molecular flexibility index (Phi) is 5.84. The normalized spacial score (nSPS) is 13.6. The minimum absolute atomic E-state index is 0.190. The highest BCUT2D eigenvalue weighted by atomic mass is 16.5. The minimum Gasteiger partial charge on any atom is -0.493 e. The number of ether oxygens (including phenoxy) is 1. The minimum atomic E-state index is 0.190. The van der Waals surface area contributed by atoms with E-state index in [4.69, 9.17) is 9.72 Å². The fourth-order valence-corrected chi connectivity index (χ4v) is 3.78. The van der Waals surface area contributed by atoms with Gasteiger partial charge in [-0.2, -0.15) is 0 Å². The monoisotopic (exact) mass is 391 g/mol. The van der Waals surface area contributed by atoms with E-state index in [-0.39, 0.29) is 11.8 Å². The molecule has 4 rings (SSSR count). The molecule has 0 radical (unpaired) electrons. The first kappa shape index (κ1) is 19.5. The maximum Gasteiger partial charge on any atom is 0.223 e. The molecule has 152 valence electrons. The summed E-state index contributed by atoms with van der Waals surface area (Å²) in [6, 6.07) is 14.4. The number of aryl methyl sites for hydroxylation is 3. The van der Waals surface area contributed by atoms with Gasteiger partial charge in [-0.05, 0) is 56.4 Å². The van der Waals surface area contributed by atoms with Gasteiger partial charge in [0.05, 0.1) is 17.6 Å². The number of rotatable bonds is 9. The van der Waals surface area contributed by atoms with Crippen LogP contribution in [0.1, 0.15) is 36.2 Å². The average Bonchev–Trinajstić information content (AvgIpc) is 3.50. The largest absolute Gasteiger partial charge is 0.493 e. The van der Waals surface area contributed by atoms with Gasteiger partial charge in [0.25, 0.3) is 0 Å². The Morgan fingerprint density at radius 2 is 1.90 bits per heavy atom. The zero-order valence-electron chi connectivity index (χ0n) is 17.3. The van der Waals surface area contributed by atoms with Gasteiger partial charge in [-0.15, -0.1) is 0 Å². The third kappa shape index (κ3) is 4.61. The molecule has 1 saturated carbocycles. The second-order valence-corrected chi connectivity index (χ2v) is 7.91. The molecule has 1 aromatic heterocycles. The first-order valence-electron chi connectivity index (χ1n) is 10.5. The van der Waals surface area contributed by atoms with Crippen LogP contribution in [0, 0.1) is 19.8 Å². The number of imidazole rings is 1. The number of nitrogens with one attached hydrogen (secondary N) is 1. The van der Waals surface area contributed by atoms with Gasteiger partial charge in [-0.1, -0.05) is 30.3 Å². The number of aromatic nitrogens is 2. The average molecular weight is 392 g/mol. The molecule has 0 atom stereocenters. The van der Waals surface area contributed by atoms with Crippen molar-refractivity contribution in [1.29, 1.82) is 0 Å². The summed E-state index contributed by atoms with van der Waals surface area (Å²) < 4.78 is 8.34. The lowest BCUT2D eigenvalue weighted by Gasteiger charge is -2.13. The summed E-state index contributed by atoms with van der Waals surface area (Å²) in [6.45, 7) is 6.31. The van der Waals surface area contributed by atoms with E-state index in [0.717, 1.165) is 54.8 Å². The highest BCUT2D eigenvalue weighted by Gasteiger charge is 2.29. The Labute approximate surface area is 172 Å². The van der Waals surface area contributed by atoms with E-state index in [1.165, 1.54) is 11.1 Å². The van der Waals surface area contributed by atoms with Crippen LogP contribution in [0.2, 0.25) is 0 Å². The molecule has 0 spiro atoms. The number of benzene rings is 2. The third-order valence-corrected chi connectivity index (χ3v) is 5.51. The molecule has 5 nitrogen and oxygen atoms in total. The third-order valence-electron chi connectivity index (χ3n) is 5.51. The van der Waals surface area contributed by atoms with Crippen LogP contribution in [0.3, 0.4) is 0 Å². The first-order chi connectivity index (χ1) is 14.1. The Hall–Kier alpha value is -2.82. The molecular weight excluding hydrogens is 362 g/mol. The highest BCUT2D eigenvalue weighted by Crippen LogP contribution is 2.28. The van der Waals surface area contributed by atoms with Crippen LogP contribution < -0.4 is 10.1 Å². The first-order valence-corrected chi connectivity index (χ1v) is 10.5. The fourth-order valence-electron chi connectivity index (χ4n) is 3.78. The van der Waals surface area contributed by atoms with Crippen LogP contribution in [0.5, 0.6) is 5.75 Å². The van der Waals surface area contributed by atoms with Gasteiger partial charge in [0, 0.05) is 25.4 Å². The maximum absolute atomic E-state index is 11.9. The van der Waals surface area contributed by atoms with Gasteiger partial charge in [0.1, 0.15) is 11.6 Å². The summed E-state index contributed by atoms with van der Waals surface area (Å²) in [5.74, 6) is 2.45. The molecule has 1 heterocycles. The van der Waals surface area contributed by atoms with Crippen molar-refractivity contribution >= 4 is 16.9 Å². The highest BCUT2D eigenvalue weighted by molar-refractivity contribution is 5.80. The van der Waals surface area contributed by atoms with Crippen molar-refractivity contribution in [2.24, 2.45) is 5.92 Å². The van der Waals surface area contributed by atoms with Crippen LogP contribution in [-0.2, 0) is 17.8 Å². The van der Waals surface area contributed by atoms with Crippen molar-refractivity contribution in [3.63, 3.8) is 0 Å². The molecule has 1 N–H and O–H groups in total. The summed E-state index contributed by atoms with van der Waals surface area (Å²) in [6.07, 6.45) is 3.70. The molecule has 2 aromatic carbocycles. The number of carbonyl (C=O) groups excluding carboxylic acids is 1. The number of para-hydroxylation sites is 3. The van der Waals surface area contributed by atoms with Gasteiger partial charge >= 0.3 is 0 Å². The van der Waals surface area contributed by atoms with Crippen LogP contribution in [0.4, 0.5) is 0 Å². The number of fused-ring (bicyclic) bond motifs is 1. The number of carbonyl (C=O) groups is 1. The van der Waals surface area contributed by atoms with Crippen molar-refractivity contribution in [2.45, 2.75) is 46.1 Å². The molecule has 1 aliphatic rings. The molecule has 1 fully saturated rings. The predicted octanol–water partition coefficient (Wildman–Crippen LogP) is 4.19. The van der Waals surface area contributed by atoms with Crippen LogP contribution in [-0.4, -0.2) is 28.6 Å². The number of amides is 1. The molecular formula is C24H29N3O2. The molecule has 0 aliphatic heterocycles. The summed E-state index contributed by atoms with van der Waals surface area (Å²) in [5.41, 5.74) is 4.49. The standard InChI is InChI=1S/C24H29N3O2/c1-17-7-5-8-18(2)23(17)29-16-6-15-27-21-10-4-3-9-20(21)26-22(27)13-14-25-24(28)19-11-12-19/h3-5,7-10,19H,6,11-16H2,1-2H3,(H,25,28). The SMILES string of the molecule is Cc1cccc(C)c1OCCCn1c(CCNC(=O)C2CC2)nc2ccccc21.